The highest BCUT2D eigenvalue weighted by molar-refractivity contribution is 6.06. The molecule has 2 heterocycles. The number of hydrazine groups is 1. The monoisotopic (exact) mass is 250 g/mol. The van der Waals surface area contributed by atoms with Crippen LogP contribution in [0.5, 0.6) is 0 Å². The Morgan fingerprint density at radius 3 is 2.56 bits per heavy atom. The molecule has 18 heavy (non-hydrogen) atoms. The van der Waals surface area contributed by atoms with E-state index in [2.05, 4.69) is 20.7 Å². The molecule has 1 aliphatic heterocycles. The maximum atomic E-state index is 11.9. The fraction of sp³-hybridized carbons (Fsp3) is 0.400. The van der Waals surface area contributed by atoms with Crippen molar-refractivity contribution in [3.05, 3.63) is 18.1 Å². The van der Waals surface area contributed by atoms with E-state index in [1.807, 2.05) is 0 Å². The first kappa shape index (κ1) is 12.2. The molecule has 8 nitrogen and oxygen atoms in total. The van der Waals surface area contributed by atoms with Gasteiger partial charge in [0.15, 0.2) is 5.82 Å². The first-order valence-electron chi connectivity index (χ1n) is 5.35. The molecule has 0 unspecified atom stereocenters. The van der Waals surface area contributed by atoms with E-state index in [0.717, 1.165) is 4.90 Å². The Kier molecular flexibility index (Phi) is 2.87. The Morgan fingerprint density at radius 2 is 2.11 bits per heavy atom. The molecule has 8 heteroatoms. The molecule has 3 amide bonds. The summed E-state index contributed by atoms with van der Waals surface area (Å²) in [5.41, 5.74) is 1.98. The van der Waals surface area contributed by atoms with E-state index in [9.17, 15) is 9.59 Å². The Hall–Kier alpha value is -2.22. The SMILES string of the molecule is CC1(C)NC(=O)N(Cc2cnc(NN)cn2)C1=O. The summed E-state index contributed by atoms with van der Waals surface area (Å²) in [5, 5.41) is 2.59. The number of anilines is 1. The molecule has 0 aliphatic carbocycles. The van der Waals surface area contributed by atoms with E-state index < -0.39 is 11.6 Å². The molecule has 1 fully saturated rings. The van der Waals surface area contributed by atoms with Crippen molar-refractivity contribution < 1.29 is 9.59 Å². The zero-order chi connectivity index (χ0) is 13.3. The summed E-state index contributed by atoms with van der Waals surface area (Å²) in [4.78, 5) is 32.7. The summed E-state index contributed by atoms with van der Waals surface area (Å²) in [6.45, 7) is 3.40. The molecular weight excluding hydrogens is 236 g/mol. The highest BCUT2D eigenvalue weighted by Crippen LogP contribution is 2.18. The van der Waals surface area contributed by atoms with Gasteiger partial charge in [-0.2, -0.15) is 0 Å². The van der Waals surface area contributed by atoms with Crippen LogP contribution in [0.25, 0.3) is 0 Å². The molecule has 1 aromatic heterocycles. The van der Waals surface area contributed by atoms with Crippen molar-refractivity contribution in [3.63, 3.8) is 0 Å². The Labute approximate surface area is 104 Å². The zero-order valence-corrected chi connectivity index (χ0v) is 10.1. The lowest BCUT2D eigenvalue weighted by atomic mass is 10.1. The molecule has 1 aliphatic rings. The van der Waals surface area contributed by atoms with Gasteiger partial charge in [-0.05, 0) is 13.8 Å². The first-order valence-corrected chi connectivity index (χ1v) is 5.35. The van der Waals surface area contributed by atoms with Crippen LogP contribution in [-0.4, -0.2) is 32.3 Å². The molecule has 0 atom stereocenters. The number of aromatic nitrogens is 2. The fourth-order valence-corrected chi connectivity index (χ4v) is 1.63. The largest absolute Gasteiger partial charge is 0.325 e. The molecule has 1 aromatic rings. The van der Waals surface area contributed by atoms with Crippen LogP contribution in [0.15, 0.2) is 12.4 Å². The van der Waals surface area contributed by atoms with E-state index in [4.69, 9.17) is 5.84 Å². The molecule has 0 aromatic carbocycles. The predicted molar refractivity (Wildman–Crippen MR) is 63.0 cm³/mol. The molecule has 96 valence electrons. The van der Waals surface area contributed by atoms with Gasteiger partial charge in [0.2, 0.25) is 0 Å². The smallest absolute Gasteiger partial charge is 0.324 e. The number of urea groups is 1. The minimum atomic E-state index is -0.872. The van der Waals surface area contributed by atoms with Crippen LogP contribution in [0.2, 0.25) is 0 Å². The van der Waals surface area contributed by atoms with E-state index in [1.165, 1.54) is 12.4 Å². The number of carbonyl (C=O) groups excluding carboxylic acids is 2. The Morgan fingerprint density at radius 1 is 1.39 bits per heavy atom. The number of nitrogens with two attached hydrogens (primary N) is 1. The molecular formula is C10H14N6O2. The molecule has 0 bridgehead atoms. The van der Waals surface area contributed by atoms with Gasteiger partial charge in [0.25, 0.3) is 5.91 Å². The van der Waals surface area contributed by atoms with Crippen molar-refractivity contribution in [1.82, 2.24) is 20.2 Å². The van der Waals surface area contributed by atoms with Crippen molar-refractivity contribution in [2.75, 3.05) is 5.43 Å². The summed E-state index contributed by atoms with van der Waals surface area (Å²) < 4.78 is 0. The molecule has 2 rings (SSSR count). The van der Waals surface area contributed by atoms with Crippen molar-refractivity contribution in [3.8, 4) is 0 Å². The predicted octanol–water partition coefficient (Wildman–Crippen LogP) is -0.407. The highest BCUT2D eigenvalue weighted by Gasteiger charge is 2.44. The summed E-state index contributed by atoms with van der Waals surface area (Å²) in [6, 6.07) is -0.423. The van der Waals surface area contributed by atoms with Gasteiger partial charge in [-0.25, -0.2) is 15.6 Å². The van der Waals surface area contributed by atoms with Gasteiger partial charge < -0.3 is 10.7 Å². The van der Waals surface area contributed by atoms with E-state index in [0.29, 0.717) is 11.5 Å². The summed E-state index contributed by atoms with van der Waals surface area (Å²) in [6.07, 6.45) is 2.89. The van der Waals surface area contributed by atoms with Gasteiger partial charge in [-0.3, -0.25) is 14.7 Å². The van der Waals surface area contributed by atoms with E-state index in [-0.39, 0.29) is 12.5 Å². The number of hydrogen-bond donors (Lipinski definition) is 3. The van der Waals surface area contributed by atoms with Gasteiger partial charge in [0, 0.05) is 0 Å². The van der Waals surface area contributed by atoms with Crippen molar-refractivity contribution in [2.24, 2.45) is 5.84 Å². The first-order chi connectivity index (χ1) is 8.44. The van der Waals surface area contributed by atoms with Gasteiger partial charge in [0.1, 0.15) is 5.54 Å². The normalized spacial score (nSPS) is 17.8. The lowest BCUT2D eigenvalue weighted by molar-refractivity contribution is -0.130. The average Bonchev–Trinajstić information content (AvgIpc) is 2.52. The third-order valence-electron chi connectivity index (χ3n) is 2.62. The molecule has 1 saturated heterocycles. The number of amides is 3. The maximum absolute atomic E-state index is 11.9. The second kappa shape index (κ2) is 4.22. The summed E-state index contributed by atoms with van der Waals surface area (Å²) in [5.74, 6) is 5.29. The van der Waals surface area contributed by atoms with Crippen LogP contribution in [0.1, 0.15) is 19.5 Å². The number of nitrogen functional groups attached to an aromatic ring is 1. The lowest BCUT2D eigenvalue weighted by Gasteiger charge is -2.15. The molecule has 0 radical (unpaired) electrons. The van der Waals surface area contributed by atoms with Gasteiger partial charge >= 0.3 is 6.03 Å². The van der Waals surface area contributed by atoms with Crippen molar-refractivity contribution in [1.29, 1.82) is 0 Å². The number of nitrogens with one attached hydrogen (secondary N) is 2. The summed E-state index contributed by atoms with van der Waals surface area (Å²) >= 11 is 0. The van der Waals surface area contributed by atoms with Crippen LogP contribution < -0.4 is 16.6 Å². The summed E-state index contributed by atoms with van der Waals surface area (Å²) in [7, 11) is 0. The Bertz CT molecular complexity index is 484. The maximum Gasteiger partial charge on any atom is 0.325 e. The van der Waals surface area contributed by atoms with Crippen molar-refractivity contribution >= 4 is 17.8 Å². The number of nitrogens with zero attached hydrogens (tertiary/aromatic N) is 3. The number of imide groups is 1. The van der Waals surface area contributed by atoms with Crippen LogP contribution in [0, 0.1) is 0 Å². The van der Waals surface area contributed by atoms with Crippen LogP contribution in [0.3, 0.4) is 0 Å². The topological polar surface area (TPSA) is 113 Å². The van der Waals surface area contributed by atoms with Crippen LogP contribution in [0.4, 0.5) is 10.6 Å². The second-order valence-electron chi connectivity index (χ2n) is 4.48. The quantitative estimate of drug-likeness (QED) is 0.382. The third kappa shape index (κ3) is 2.09. The minimum absolute atomic E-state index is 0.0892. The van der Waals surface area contributed by atoms with Crippen LogP contribution in [-0.2, 0) is 11.3 Å². The molecule has 0 spiro atoms. The number of rotatable bonds is 3. The highest BCUT2D eigenvalue weighted by atomic mass is 16.2. The van der Waals surface area contributed by atoms with E-state index in [1.54, 1.807) is 13.8 Å². The fourth-order valence-electron chi connectivity index (χ4n) is 1.63. The molecule has 4 N–H and O–H groups in total. The molecule has 0 saturated carbocycles. The van der Waals surface area contributed by atoms with Gasteiger partial charge in [-0.15, -0.1) is 0 Å². The second-order valence-corrected chi connectivity index (χ2v) is 4.48. The van der Waals surface area contributed by atoms with Crippen LogP contribution >= 0.6 is 0 Å². The zero-order valence-electron chi connectivity index (χ0n) is 10.1. The van der Waals surface area contributed by atoms with Gasteiger partial charge in [0.05, 0.1) is 24.6 Å². The average molecular weight is 250 g/mol. The third-order valence-corrected chi connectivity index (χ3v) is 2.62. The van der Waals surface area contributed by atoms with Crippen molar-refractivity contribution in [2.45, 2.75) is 25.9 Å². The standard InChI is InChI=1S/C10H14N6O2/c1-10(2)8(17)16(9(18)14-10)5-6-3-13-7(15-11)4-12-6/h3-4H,5,11H2,1-2H3,(H,13,15)(H,14,18). The minimum Gasteiger partial charge on any atom is -0.324 e. The van der Waals surface area contributed by atoms with Gasteiger partial charge in [-0.1, -0.05) is 0 Å². The number of carbonyl (C=O) groups is 2. The van der Waals surface area contributed by atoms with E-state index >= 15 is 0 Å². The Balaban J connectivity index is 2.14. The lowest BCUT2D eigenvalue weighted by Crippen LogP contribution is -2.40. The number of hydrogen-bond acceptors (Lipinski definition) is 6.